The number of piperidine rings is 1. The number of benzene rings is 2. The molecule has 0 aliphatic carbocycles. The van der Waals surface area contributed by atoms with E-state index in [1.165, 1.54) is 44.1 Å². The van der Waals surface area contributed by atoms with Gasteiger partial charge in [0.05, 0.1) is 11.6 Å². The van der Waals surface area contributed by atoms with Crippen LogP contribution < -0.4 is 4.74 Å². The number of halogens is 1. The normalized spacial score (nSPS) is 15.9. The van der Waals surface area contributed by atoms with Crippen LogP contribution in [0, 0.1) is 0 Å². The van der Waals surface area contributed by atoms with E-state index in [1.54, 1.807) is 0 Å². The lowest BCUT2D eigenvalue weighted by molar-refractivity contribution is -0.117. The van der Waals surface area contributed by atoms with Gasteiger partial charge in [-0.1, -0.05) is 87.4 Å². The molecule has 0 bridgehead atoms. The summed E-state index contributed by atoms with van der Waals surface area (Å²) in [5.41, 5.74) is 2.97. The highest BCUT2D eigenvalue weighted by Gasteiger charge is 2.21. The predicted octanol–water partition coefficient (Wildman–Crippen LogP) is 7.33. The Kier molecular flexibility index (Phi) is 10.3. The molecular formula is C28H36ClNO2. The Morgan fingerprint density at radius 2 is 1.75 bits per heavy atom. The van der Waals surface area contributed by atoms with Gasteiger partial charge in [-0.25, -0.2) is 0 Å². The van der Waals surface area contributed by atoms with Gasteiger partial charge in [0.15, 0.2) is 5.78 Å². The van der Waals surface area contributed by atoms with Crippen molar-refractivity contribution >= 4 is 23.5 Å². The van der Waals surface area contributed by atoms with Crippen LogP contribution in [0.5, 0.6) is 5.75 Å². The highest BCUT2D eigenvalue weighted by molar-refractivity contribution is 6.32. The molecule has 0 unspecified atom stereocenters. The Labute approximate surface area is 198 Å². The topological polar surface area (TPSA) is 29.5 Å². The Bertz CT molecular complexity index is 878. The molecule has 0 amide bonds. The van der Waals surface area contributed by atoms with Gasteiger partial charge in [0.2, 0.25) is 0 Å². The van der Waals surface area contributed by atoms with Crippen molar-refractivity contribution in [3.63, 3.8) is 0 Å². The van der Waals surface area contributed by atoms with Crippen LogP contribution in [0.2, 0.25) is 5.02 Å². The monoisotopic (exact) mass is 453 g/mol. The van der Waals surface area contributed by atoms with E-state index < -0.39 is 0 Å². The van der Waals surface area contributed by atoms with E-state index in [0.29, 0.717) is 18.0 Å². The minimum Gasteiger partial charge on any atom is -0.494 e. The first-order valence-corrected chi connectivity index (χ1v) is 12.5. The SMILES string of the molecule is CCCCCCCCCOc1ccc(/C=C2\CN(Cc3ccccc3)CCC2=O)c(Cl)c1. The van der Waals surface area contributed by atoms with Crippen LogP contribution >= 0.6 is 11.6 Å². The number of unbranched alkanes of at least 4 members (excludes halogenated alkanes) is 6. The molecule has 1 aliphatic rings. The smallest absolute Gasteiger partial charge is 0.161 e. The summed E-state index contributed by atoms with van der Waals surface area (Å²) in [4.78, 5) is 14.8. The third kappa shape index (κ3) is 8.11. The molecule has 0 aromatic heterocycles. The zero-order valence-electron chi connectivity index (χ0n) is 19.3. The number of carbonyl (C=O) groups excluding carboxylic acids is 1. The number of hydrogen-bond donors (Lipinski definition) is 0. The molecule has 3 nitrogen and oxygen atoms in total. The van der Waals surface area contributed by atoms with Gasteiger partial charge in [0.1, 0.15) is 5.75 Å². The number of ether oxygens (including phenoxy) is 1. The number of rotatable bonds is 12. The van der Waals surface area contributed by atoms with Crippen molar-refractivity contribution in [1.82, 2.24) is 4.90 Å². The summed E-state index contributed by atoms with van der Waals surface area (Å²) in [6, 6.07) is 16.2. The largest absolute Gasteiger partial charge is 0.494 e. The first-order valence-electron chi connectivity index (χ1n) is 12.1. The minimum atomic E-state index is 0.213. The minimum absolute atomic E-state index is 0.213. The third-order valence-corrected chi connectivity index (χ3v) is 6.30. The molecule has 1 heterocycles. The van der Waals surface area contributed by atoms with Crippen LogP contribution in [0.25, 0.3) is 6.08 Å². The predicted molar refractivity (Wildman–Crippen MR) is 134 cm³/mol. The second-order valence-corrected chi connectivity index (χ2v) is 9.10. The van der Waals surface area contributed by atoms with Crippen LogP contribution in [-0.4, -0.2) is 30.4 Å². The summed E-state index contributed by atoms with van der Waals surface area (Å²) in [5, 5.41) is 0.627. The van der Waals surface area contributed by atoms with Crippen molar-refractivity contribution in [2.45, 2.75) is 64.8 Å². The van der Waals surface area contributed by atoms with Gasteiger partial charge < -0.3 is 4.74 Å². The Morgan fingerprint density at radius 3 is 2.50 bits per heavy atom. The molecule has 0 radical (unpaired) electrons. The van der Waals surface area contributed by atoms with Crippen molar-refractivity contribution in [3.8, 4) is 5.75 Å². The molecule has 172 valence electrons. The highest BCUT2D eigenvalue weighted by Crippen LogP contribution is 2.26. The molecule has 4 heteroatoms. The second-order valence-electron chi connectivity index (χ2n) is 8.69. The molecule has 3 rings (SSSR count). The lowest BCUT2D eigenvalue weighted by atomic mass is 9.99. The van der Waals surface area contributed by atoms with Gasteiger partial charge in [-0.15, -0.1) is 0 Å². The molecule has 0 atom stereocenters. The van der Waals surface area contributed by atoms with Crippen LogP contribution in [0.4, 0.5) is 0 Å². The number of carbonyl (C=O) groups is 1. The van der Waals surface area contributed by atoms with Crippen LogP contribution in [0.1, 0.15) is 69.4 Å². The maximum absolute atomic E-state index is 12.5. The van der Waals surface area contributed by atoms with Crippen molar-refractivity contribution in [3.05, 3.63) is 70.3 Å². The van der Waals surface area contributed by atoms with Gasteiger partial charge in [-0.05, 0) is 41.8 Å². The molecule has 2 aromatic rings. The number of ketones is 1. The first-order chi connectivity index (χ1) is 15.7. The van der Waals surface area contributed by atoms with Gasteiger partial charge in [0.25, 0.3) is 0 Å². The van der Waals surface area contributed by atoms with E-state index in [-0.39, 0.29) is 5.78 Å². The van der Waals surface area contributed by atoms with E-state index in [2.05, 4.69) is 36.1 Å². The summed E-state index contributed by atoms with van der Waals surface area (Å²) in [5.74, 6) is 1.01. The second kappa shape index (κ2) is 13.4. The van der Waals surface area contributed by atoms with Gasteiger partial charge in [-0.3, -0.25) is 9.69 Å². The molecular weight excluding hydrogens is 418 g/mol. The van der Waals surface area contributed by atoms with E-state index >= 15 is 0 Å². The highest BCUT2D eigenvalue weighted by atomic mass is 35.5. The van der Waals surface area contributed by atoms with Crippen molar-refractivity contribution in [2.75, 3.05) is 19.7 Å². The number of nitrogens with zero attached hydrogens (tertiary/aromatic N) is 1. The van der Waals surface area contributed by atoms with Crippen LogP contribution in [0.3, 0.4) is 0 Å². The Morgan fingerprint density at radius 1 is 1.00 bits per heavy atom. The summed E-state index contributed by atoms with van der Waals surface area (Å²) in [6.07, 6.45) is 11.4. The van der Waals surface area contributed by atoms with Crippen molar-refractivity contribution < 1.29 is 9.53 Å². The number of hydrogen-bond acceptors (Lipinski definition) is 3. The fourth-order valence-corrected chi connectivity index (χ4v) is 4.31. The van der Waals surface area contributed by atoms with E-state index in [0.717, 1.165) is 43.0 Å². The zero-order chi connectivity index (χ0) is 22.6. The summed E-state index contributed by atoms with van der Waals surface area (Å²) < 4.78 is 5.88. The van der Waals surface area contributed by atoms with E-state index in [1.807, 2.05) is 30.3 Å². The molecule has 2 aromatic carbocycles. The quantitative estimate of drug-likeness (QED) is 0.249. The standard InChI is InChI=1S/C28H36ClNO2/c1-2-3-4-5-6-7-11-18-32-26-15-14-24(27(29)20-26)19-25-22-30(17-16-28(25)31)21-23-12-9-8-10-13-23/h8-10,12-15,19-20H,2-7,11,16-18,21-22H2,1H3/b25-19+. The fourth-order valence-electron chi connectivity index (χ4n) is 4.08. The maximum Gasteiger partial charge on any atom is 0.161 e. The van der Waals surface area contributed by atoms with Crippen LogP contribution in [-0.2, 0) is 11.3 Å². The van der Waals surface area contributed by atoms with E-state index in [9.17, 15) is 4.79 Å². The molecule has 1 saturated heterocycles. The molecule has 0 saturated carbocycles. The molecule has 1 fully saturated rings. The van der Waals surface area contributed by atoms with Crippen molar-refractivity contribution in [2.24, 2.45) is 0 Å². The lowest BCUT2D eigenvalue weighted by Gasteiger charge is -2.28. The number of likely N-dealkylation sites (tertiary alicyclic amines) is 1. The van der Waals surface area contributed by atoms with Crippen molar-refractivity contribution in [1.29, 1.82) is 0 Å². The van der Waals surface area contributed by atoms with E-state index in [4.69, 9.17) is 16.3 Å². The maximum atomic E-state index is 12.5. The molecule has 0 spiro atoms. The fraction of sp³-hybridized carbons (Fsp3) is 0.464. The molecule has 1 aliphatic heterocycles. The van der Waals surface area contributed by atoms with Gasteiger partial charge in [-0.2, -0.15) is 0 Å². The van der Waals surface area contributed by atoms with Crippen LogP contribution in [0.15, 0.2) is 54.1 Å². The zero-order valence-corrected chi connectivity index (χ0v) is 20.1. The lowest BCUT2D eigenvalue weighted by Crippen LogP contribution is -2.35. The average molecular weight is 454 g/mol. The summed E-state index contributed by atoms with van der Waals surface area (Å²) in [7, 11) is 0. The third-order valence-electron chi connectivity index (χ3n) is 5.97. The van der Waals surface area contributed by atoms with Gasteiger partial charge in [0, 0.05) is 31.6 Å². The Balaban J connectivity index is 1.50. The molecule has 0 N–H and O–H groups in total. The first kappa shape index (κ1) is 24.5. The summed E-state index contributed by atoms with van der Waals surface area (Å²) >= 11 is 6.52. The molecule has 32 heavy (non-hydrogen) atoms. The average Bonchev–Trinajstić information content (AvgIpc) is 2.80. The summed E-state index contributed by atoms with van der Waals surface area (Å²) in [6.45, 7) is 5.27. The Hall–Kier alpha value is -2.10. The van der Waals surface area contributed by atoms with Gasteiger partial charge >= 0.3 is 0 Å². The number of Topliss-reactive ketones (excluding diaryl/α,β-unsaturated/α-hetero) is 1.